The average Bonchev–Trinajstić information content (AvgIpc) is 2.92. The molecule has 9 heteroatoms. The van der Waals surface area contributed by atoms with E-state index in [4.69, 9.17) is 15.6 Å². The van der Waals surface area contributed by atoms with Crippen molar-refractivity contribution >= 4 is 39.6 Å². The largest absolute Gasteiger partial charge is 0.394 e. The van der Waals surface area contributed by atoms with Gasteiger partial charge >= 0.3 is 0 Å². The Hall–Kier alpha value is -1.04. The first-order valence-electron chi connectivity index (χ1n) is 5.70. The van der Waals surface area contributed by atoms with Crippen molar-refractivity contribution in [1.82, 2.24) is 19.5 Å². The second kappa shape index (κ2) is 4.81. The van der Waals surface area contributed by atoms with Crippen LogP contribution < -0.4 is 5.73 Å². The smallest absolute Gasteiger partial charge is 0.194 e. The Kier molecular flexibility index (Phi) is 3.28. The van der Waals surface area contributed by atoms with Gasteiger partial charge in [-0.2, -0.15) is 0 Å². The number of ether oxygens (including phenoxy) is 1. The van der Waals surface area contributed by atoms with E-state index < -0.39 is 12.3 Å². The molecule has 3 atom stereocenters. The molecule has 19 heavy (non-hydrogen) atoms. The summed E-state index contributed by atoms with van der Waals surface area (Å²) in [5, 5.41) is 19.1. The van der Waals surface area contributed by atoms with Crippen LogP contribution in [-0.2, 0) is 4.74 Å². The number of halogens is 1. The number of nitrogens with zero attached hydrogens (tertiary/aromatic N) is 4. The van der Waals surface area contributed by atoms with Crippen LogP contribution in [0.4, 0.5) is 5.82 Å². The molecule has 0 aliphatic carbocycles. The predicted molar refractivity (Wildman–Crippen MR) is 74.1 cm³/mol. The van der Waals surface area contributed by atoms with Gasteiger partial charge in [0.25, 0.3) is 0 Å². The van der Waals surface area contributed by atoms with Gasteiger partial charge in [-0.1, -0.05) is 0 Å². The van der Waals surface area contributed by atoms with Crippen molar-refractivity contribution in [2.45, 2.75) is 24.9 Å². The minimum absolute atomic E-state index is 0.130. The van der Waals surface area contributed by atoms with E-state index in [9.17, 15) is 5.11 Å². The van der Waals surface area contributed by atoms with Crippen LogP contribution in [0, 0.1) is 3.83 Å². The van der Waals surface area contributed by atoms with E-state index in [1.165, 1.54) is 6.33 Å². The van der Waals surface area contributed by atoms with Crippen LogP contribution >= 0.6 is 22.6 Å². The zero-order valence-electron chi connectivity index (χ0n) is 9.77. The number of aliphatic hydroxyl groups excluding tert-OH is 2. The second-order valence-electron chi connectivity index (χ2n) is 4.34. The van der Waals surface area contributed by atoms with Crippen LogP contribution in [0.5, 0.6) is 0 Å². The van der Waals surface area contributed by atoms with Crippen molar-refractivity contribution in [3.8, 4) is 0 Å². The van der Waals surface area contributed by atoms with E-state index >= 15 is 0 Å². The lowest BCUT2D eigenvalue weighted by molar-refractivity contribution is -0.0487. The molecular formula is C10H12IN5O3. The average molecular weight is 377 g/mol. The number of fused-ring (bicyclic) bond motifs is 1. The predicted octanol–water partition coefficient (Wildman–Crippen LogP) is -0.346. The van der Waals surface area contributed by atoms with Crippen molar-refractivity contribution in [2.75, 3.05) is 12.3 Å². The van der Waals surface area contributed by atoms with Gasteiger partial charge < -0.3 is 20.7 Å². The Morgan fingerprint density at radius 1 is 1.53 bits per heavy atom. The molecule has 1 saturated heterocycles. The van der Waals surface area contributed by atoms with Crippen LogP contribution in [0.3, 0.4) is 0 Å². The molecule has 2 aromatic heterocycles. The third-order valence-corrected chi connectivity index (χ3v) is 3.55. The van der Waals surface area contributed by atoms with Gasteiger partial charge in [0.05, 0.1) is 19.0 Å². The van der Waals surface area contributed by atoms with Gasteiger partial charge in [-0.15, -0.1) is 0 Å². The summed E-state index contributed by atoms with van der Waals surface area (Å²) in [7, 11) is 0. The minimum atomic E-state index is -0.719. The summed E-state index contributed by atoms with van der Waals surface area (Å²) in [6.07, 6.45) is 0.170. The van der Waals surface area contributed by atoms with Gasteiger partial charge in [0, 0.05) is 29.0 Å². The lowest BCUT2D eigenvalue weighted by Gasteiger charge is -2.16. The van der Waals surface area contributed by atoms with Crippen molar-refractivity contribution in [1.29, 1.82) is 0 Å². The van der Waals surface area contributed by atoms with Crippen LogP contribution in [0.1, 0.15) is 12.6 Å². The van der Waals surface area contributed by atoms with Crippen LogP contribution in [0.2, 0.25) is 0 Å². The van der Waals surface area contributed by atoms with Gasteiger partial charge in [-0.05, 0) is 0 Å². The second-order valence-corrected chi connectivity index (χ2v) is 5.30. The Morgan fingerprint density at radius 3 is 3.00 bits per heavy atom. The lowest BCUT2D eigenvalue weighted by Crippen LogP contribution is -2.19. The number of rotatable bonds is 2. The topological polar surface area (TPSA) is 119 Å². The number of imidazole rings is 1. The number of aliphatic hydroxyl groups is 2. The molecule has 8 nitrogen and oxygen atoms in total. The zero-order chi connectivity index (χ0) is 13.6. The van der Waals surface area contributed by atoms with Gasteiger partial charge in [-0.3, -0.25) is 4.57 Å². The van der Waals surface area contributed by atoms with Crippen molar-refractivity contribution in [2.24, 2.45) is 0 Å². The normalized spacial score (nSPS) is 27.2. The first-order chi connectivity index (χ1) is 9.10. The van der Waals surface area contributed by atoms with E-state index in [0.717, 1.165) is 0 Å². The highest BCUT2D eigenvalue weighted by molar-refractivity contribution is 14.1. The maximum atomic E-state index is 10.00. The fourth-order valence-electron chi connectivity index (χ4n) is 2.19. The van der Waals surface area contributed by atoms with Crippen molar-refractivity contribution < 1.29 is 14.9 Å². The molecule has 1 fully saturated rings. The summed E-state index contributed by atoms with van der Waals surface area (Å²) in [6, 6.07) is 0. The van der Waals surface area contributed by atoms with Gasteiger partial charge in [-0.25, -0.2) is 15.0 Å². The molecule has 0 aromatic carbocycles. The molecular weight excluding hydrogens is 365 g/mol. The Labute approximate surface area is 121 Å². The molecule has 3 heterocycles. The van der Waals surface area contributed by atoms with E-state index in [1.807, 2.05) is 22.6 Å². The minimum Gasteiger partial charge on any atom is -0.394 e. The highest BCUT2D eigenvalue weighted by Crippen LogP contribution is 2.31. The van der Waals surface area contributed by atoms with Gasteiger partial charge in [0.1, 0.15) is 11.6 Å². The van der Waals surface area contributed by atoms with Crippen LogP contribution in [-0.4, -0.2) is 48.5 Å². The maximum Gasteiger partial charge on any atom is 0.194 e. The summed E-state index contributed by atoms with van der Waals surface area (Å²) >= 11 is 1.96. The monoisotopic (exact) mass is 377 g/mol. The number of hydrogen-bond acceptors (Lipinski definition) is 7. The molecule has 2 aromatic rings. The van der Waals surface area contributed by atoms with E-state index in [-0.39, 0.29) is 12.7 Å². The van der Waals surface area contributed by atoms with E-state index in [0.29, 0.717) is 27.2 Å². The van der Waals surface area contributed by atoms with Gasteiger partial charge in [0.2, 0.25) is 0 Å². The third-order valence-electron chi connectivity index (χ3n) is 3.06. The molecule has 0 bridgehead atoms. The SMILES string of the molecule is Nc1nc(I)nc2c1ncn2C1OC(CO)CC1O. The number of nitrogens with two attached hydrogens (primary N) is 1. The van der Waals surface area contributed by atoms with Crippen molar-refractivity contribution in [3.05, 3.63) is 10.2 Å². The standard InChI is InChI=1S/C10H12IN5O3/c11-10-14-7(12)6-8(15-10)16(3-13-6)9-5(18)1-4(2-17)19-9/h3-5,9,17-18H,1-2H2,(H2,12,14,15). The molecule has 0 radical (unpaired) electrons. The number of hydrogen-bond donors (Lipinski definition) is 3. The fourth-order valence-corrected chi connectivity index (χ4v) is 2.68. The fraction of sp³-hybridized carbons (Fsp3) is 0.500. The Balaban J connectivity index is 2.06. The zero-order valence-corrected chi connectivity index (χ0v) is 11.9. The quantitative estimate of drug-likeness (QED) is 0.484. The summed E-state index contributed by atoms with van der Waals surface area (Å²) < 4.78 is 7.69. The van der Waals surface area contributed by atoms with E-state index in [2.05, 4.69) is 15.0 Å². The Morgan fingerprint density at radius 2 is 2.32 bits per heavy atom. The highest BCUT2D eigenvalue weighted by atomic mass is 127. The number of nitrogen functional groups attached to an aromatic ring is 1. The number of anilines is 1. The lowest BCUT2D eigenvalue weighted by atomic mass is 10.2. The summed E-state index contributed by atoms with van der Waals surface area (Å²) in [6.45, 7) is -0.130. The number of aromatic nitrogens is 4. The first kappa shape index (κ1) is 13.0. The molecule has 0 amide bonds. The maximum absolute atomic E-state index is 10.00. The molecule has 1 aliphatic rings. The summed E-state index contributed by atoms with van der Waals surface area (Å²) in [5.74, 6) is 0.291. The van der Waals surface area contributed by atoms with Crippen LogP contribution in [0.25, 0.3) is 11.2 Å². The summed E-state index contributed by atoms with van der Waals surface area (Å²) in [5.41, 5.74) is 6.77. The van der Waals surface area contributed by atoms with E-state index in [1.54, 1.807) is 4.57 Å². The van der Waals surface area contributed by atoms with Crippen LogP contribution in [0.15, 0.2) is 6.33 Å². The first-order valence-corrected chi connectivity index (χ1v) is 6.78. The molecule has 102 valence electrons. The summed E-state index contributed by atoms with van der Waals surface area (Å²) in [4.78, 5) is 12.4. The third kappa shape index (κ3) is 2.16. The molecule has 0 saturated carbocycles. The molecule has 3 rings (SSSR count). The molecule has 0 spiro atoms. The molecule has 3 unspecified atom stereocenters. The Bertz CT molecular complexity index is 618. The molecule has 4 N–H and O–H groups in total. The van der Waals surface area contributed by atoms with Crippen molar-refractivity contribution in [3.63, 3.8) is 0 Å². The highest BCUT2D eigenvalue weighted by Gasteiger charge is 2.36. The molecule has 1 aliphatic heterocycles. The van der Waals surface area contributed by atoms with Gasteiger partial charge in [0.15, 0.2) is 21.5 Å².